The highest BCUT2D eigenvalue weighted by atomic mass is 35.5. The van der Waals surface area contributed by atoms with Gasteiger partial charge in [-0.25, -0.2) is 13.1 Å². The molecule has 0 atom stereocenters. The van der Waals surface area contributed by atoms with Crippen LogP contribution >= 0.6 is 11.6 Å². The Bertz CT molecular complexity index is 1000. The second kappa shape index (κ2) is 7.99. The van der Waals surface area contributed by atoms with Gasteiger partial charge in [-0.1, -0.05) is 48.0 Å². The van der Waals surface area contributed by atoms with Crippen LogP contribution in [0.5, 0.6) is 0 Å². The molecule has 26 heavy (non-hydrogen) atoms. The van der Waals surface area contributed by atoms with Gasteiger partial charge in [0, 0.05) is 23.6 Å². The highest BCUT2D eigenvalue weighted by Gasteiger charge is 2.15. The lowest BCUT2D eigenvalue weighted by Crippen LogP contribution is -2.27. The van der Waals surface area contributed by atoms with Crippen LogP contribution in [-0.2, 0) is 22.2 Å². The summed E-state index contributed by atoms with van der Waals surface area (Å²) >= 11 is 6.01. The largest absolute Gasteiger partial charge is 0.421 e. The van der Waals surface area contributed by atoms with Gasteiger partial charge in [-0.2, -0.15) is 0 Å². The normalized spacial score (nSPS) is 11.6. The molecule has 2 aromatic carbocycles. The monoisotopic (exact) mass is 391 g/mol. The maximum atomic E-state index is 12.2. The number of rotatable bonds is 7. The Morgan fingerprint density at radius 1 is 1.08 bits per heavy atom. The van der Waals surface area contributed by atoms with E-state index in [2.05, 4.69) is 14.9 Å². The Morgan fingerprint density at radius 3 is 2.58 bits per heavy atom. The molecule has 6 nitrogen and oxygen atoms in total. The molecular formula is C18H18ClN3O3S. The van der Waals surface area contributed by atoms with Gasteiger partial charge < -0.3 is 4.42 Å². The van der Waals surface area contributed by atoms with Gasteiger partial charge in [0.05, 0.1) is 5.75 Å². The molecule has 0 aliphatic rings. The van der Waals surface area contributed by atoms with E-state index in [-0.39, 0.29) is 12.3 Å². The van der Waals surface area contributed by atoms with Crippen LogP contribution in [0.2, 0.25) is 5.02 Å². The molecule has 0 aliphatic carbocycles. The van der Waals surface area contributed by atoms with E-state index in [1.165, 1.54) is 0 Å². The van der Waals surface area contributed by atoms with Crippen molar-refractivity contribution in [3.8, 4) is 11.5 Å². The molecule has 0 aliphatic heterocycles. The maximum absolute atomic E-state index is 12.2. The van der Waals surface area contributed by atoms with E-state index in [1.54, 1.807) is 24.3 Å². The molecule has 0 saturated heterocycles. The predicted molar refractivity (Wildman–Crippen MR) is 100 cm³/mol. The Morgan fingerprint density at radius 2 is 1.81 bits per heavy atom. The molecule has 0 bridgehead atoms. The van der Waals surface area contributed by atoms with Crippen molar-refractivity contribution in [3.05, 3.63) is 70.6 Å². The Kier molecular flexibility index (Phi) is 5.70. The lowest BCUT2D eigenvalue weighted by Gasteiger charge is -2.07. The van der Waals surface area contributed by atoms with Gasteiger partial charge in [-0.3, -0.25) is 0 Å². The number of nitrogens with zero attached hydrogens (tertiary/aromatic N) is 2. The Balaban J connectivity index is 1.58. The summed E-state index contributed by atoms with van der Waals surface area (Å²) in [5.41, 5.74) is 2.45. The van der Waals surface area contributed by atoms with E-state index in [9.17, 15) is 8.42 Å². The number of benzene rings is 2. The summed E-state index contributed by atoms with van der Waals surface area (Å²) in [4.78, 5) is 0. The molecule has 0 unspecified atom stereocenters. The van der Waals surface area contributed by atoms with Crippen molar-refractivity contribution in [1.29, 1.82) is 0 Å². The van der Waals surface area contributed by atoms with Gasteiger partial charge in [0.1, 0.15) is 0 Å². The van der Waals surface area contributed by atoms with Gasteiger partial charge in [0.2, 0.25) is 21.8 Å². The first-order valence-electron chi connectivity index (χ1n) is 8.04. The van der Waals surface area contributed by atoms with Crippen molar-refractivity contribution in [3.63, 3.8) is 0 Å². The topological polar surface area (TPSA) is 85.1 Å². The smallest absolute Gasteiger partial charge is 0.247 e. The molecule has 0 fully saturated rings. The van der Waals surface area contributed by atoms with Crippen molar-refractivity contribution in [2.75, 3.05) is 6.54 Å². The molecule has 3 aromatic rings. The first kappa shape index (κ1) is 18.6. The minimum absolute atomic E-state index is 0.169. The molecule has 0 spiro atoms. The average molecular weight is 392 g/mol. The summed E-state index contributed by atoms with van der Waals surface area (Å²) in [5.74, 6) is 0.631. The quantitative estimate of drug-likeness (QED) is 0.667. The lowest BCUT2D eigenvalue weighted by atomic mass is 10.1. The lowest BCUT2D eigenvalue weighted by molar-refractivity contribution is 0.501. The van der Waals surface area contributed by atoms with Crippen molar-refractivity contribution in [2.24, 2.45) is 0 Å². The third-order valence-electron chi connectivity index (χ3n) is 3.81. The summed E-state index contributed by atoms with van der Waals surface area (Å²) in [5, 5.41) is 8.44. The van der Waals surface area contributed by atoms with Crippen molar-refractivity contribution >= 4 is 21.6 Å². The number of aryl methyl sites for hydroxylation is 1. The van der Waals surface area contributed by atoms with Gasteiger partial charge in [0.15, 0.2) is 0 Å². The molecule has 0 radical (unpaired) electrons. The van der Waals surface area contributed by atoms with Crippen LogP contribution in [-0.4, -0.2) is 25.2 Å². The molecule has 136 valence electrons. The second-order valence-corrected chi connectivity index (χ2v) is 8.02. The fraction of sp³-hybridized carbons (Fsp3) is 0.222. The fourth-order valence-electron chi connectivity index (χ4n) is 2.46. The Labute approximate surface area is 157 Å². The van der Waals surface area contributed by atoms with Crippen LogP contribution in [0.25, 0.3) is 11.5 Å². The van der Waals surface area contributed by atoms with Crippen LogP contribution in [0.4, 0.5) is 0 Å². The second-order valence-electron chi connectivity index (χ2n) is 5.81. The van der Waals surface area contributed by atoms with Crippen molar-refractivity contribution in [2.45, 2.75) is 19.1 Å². The van der Waals surface area contributed by atoms with Crippen LogP contribution in [0.15, 0.2) is 52.9 Å². The van der Waals surface area contributed by atoms with Crippen LogP contribution < -0.4 is 4.72 Å². The van der Waals surface area contributed by atoms with Gasteiger partial charge >= 0.3 is 0 Å². The molecule has 1 heterocycles. The van der Waals surface area contributed by atoms with Gasteiger partial charge in [-0.05, 0) is 30.2 Å². The number of hydrogen-bond donors (Lipinski definition) is 1. The highest BCUT2D eigenvalue weighted by Crippen LogP contribution is 2.21. The van der Waals surface area contributed by atoms with Crippen LogP contribution in [0.3, 0.4) is 0 Å². The van der Waals surface area contributed by atoms with E-state index in [1.807, 2.05) is 31.2 Å². The predicted octanol–water partition coefficient (Wildman–Crippen LogP) is 3.36. The van der Waals surface area contributed by atoms with E-state index in [4.69, 9.17) is 16.0 Å². The molecule has 8 heteroatoms. The first-order chi connectivity index (χ1) is 12.4. The molecule has 0 amide bonds. The molecule has 1 N–H and O–H groups in total. The summed E-state index contributed by atoms with van der Waals surface area (Å²) in [7, 11) is -3.50. The van der Waals surface area contributed by atoms with E-state index in [0.29, 0.717) is 28.8 Å². The van der Waals surface area contributed by atoms with Crippen molar-refractivity contribution in [1.82, 2.24) is 14.9 Å². The standard InChI is InChI=1S/C18H18ClN3O3S/c1-13-6-2-4-8-15(13)18-22-21-17(25-18)10-11-20-26(23,24)12-14-7-3-5-9-16(14)19/h2-9,20H,10-12H2,1H3. The number of hydrogen-bond acceptors (Lipinski definition) is 5. The zero-order valence-electron chi connectivity index (χ0n) is 14.1. The van der Waals surface area contributed by atoms with Crippen molar-refractivity contribution < 1.29 is 12.8 Å². The fourth-order valence-corrected chi connectivity index (χ4v) is 3.92. The number of halogens is 1. The molecular weight excluding hydrogens is 374 g/mol. The minimum Gasteiger partial charge on any atom is -0.421 e. The molecule has 1 aromatic heterocycles. The van der Waals surface area contributed by atoms with Crippen LogP contribution in [0.1, 0.15) is 17.0 Å². The number of sulfonamides is 1. The number of aromatic nitrogens is 2. The third-order valence-corrected chi connectivity index (χ3v) is 5.51. The van der Waals surface area contributed by atoms with E-state index < -0.39 is 10.0 Å². The minimum atomic E-state index is -3.50. The Hall–Kier alpha value is -2.22. The van der Waals surface area contributed by atoms with E-state index in [0.717, 1.165) is 11.1 Å². The average Bonchev–Trinajstić information content (AvgIpc) is 3.06. The first-order valence-corrected chi connectivity index (χ1v) is 10.1. The summed E-state index contributed by atoms with van der Waals surface area (Å²) in [6.07, 6.45) is 0.306. The zero-order valence-corrected chi connectivity index (χ0v) is 15.7. The molecule has 3 rings (SSSR count). The molecule has 0 saturated carbocycles. The summed E-state index contributed by atoms with van der Waals surface area (Å²) in [6.45, 7) is 2.13. The SMILES string of the molecule is Cc1ccccc1-c1nnc(CCNS(=O)(=O)Cc2ccccc2Cl)o1. The summed E-state index contributed by atoms with van der Waals surface area (Å²) in [6, 6.07) is 14.6. The zero-order chi connectivity index (χ0) is 18.6. The number of nitrogens with one attached hydrogen (secondary N) is 1. The summed E-state index contributed by atoms with van der Waals surface area (Å²) < 4.78 is 32.5. The third kappa shape index (κ3) is 4.69. The van der Waals surface area contributed by atoms with Gasteiger partial charge in [0.25, 0.3) is 0 Å². The van der Waals surface area contributed by atoms with E-state index >= 15 is 0 Å². The highest BCUT2D eigenvalue weighted by molar-refractivity contribution is 7.88. The van der Waals surface area contributed by atoms with Gasteiger partial charge in [-0.15, -0.1) is 10.2 Å². The maximum Gasteiger partial charge on any atom is 0.247 e. The van der Waals surface area contributed by atoms with Crippen LogP contribution in [0, 0.1) is 6.92 Å².